The van der Waals surface area contributed by atoms with E-state index in [0.29, 0.717) is 39.8 Å². The molecule has 5 rings (SSSR count). The Hall–Kier alpha value is -4.64. The van der Waals surface area contributed by atoms with Crippen molar-refractivity contribution in [2.24, 2.45) is 0 Å². The molecular weight excluding hydrogens is 470 g/mol. The number of ether oxygens (including phenoxy) is 1. The fourth-order valence-corrected chi connectivity index (χ4v) is 3.83. The normalized spacial score (nSPS) is 11.2. The summed E-state index contributed by atoms with van der Waals surface area (Å²) in [6, 6.07) is 17.4. The molecule has 9 nitrogen and oxygen atoms in total. The molecule has 4 heterocycles. The van der Waals surface area contributed by atoms with Crippen LogP contribution in [0.1, 0.15) is 5.56 Å². The zero-order valence-corrected chi connectivity index (χ0v) is 19.0. The highest BCUT2D eigenvalue weighted by molar-refractivity contribution is 5.83. The Bertz CT molecular complexity index is 1520. The van der Waals surface area contributed by atoms with Crippen molar-refractivity contribution < 1.29 is 28.2 Å². The van der Waals surface area contributed by atoms with Gasteiger partial charge in [0.15, 0.2) is 11.5 Å². The molecule has 0 amide bonds. The van der Waals surface area contributed by atoms with Crippen molar-refractivity contribution in [3.05, 3.63) is 78.6 Å². The molecule has 0 radical (unpaired) electrons. The van der Waals surface area contributed by atoms with Crippen LogP contribution in [-0.2, 0) is 6.61 Å². The summed E-state index contributed by atoms with van der Waals surface area (Å²) in [5.74, 6) is 0.834. The lowest BCUT2D eigenvalue weighted by Gasteiger charge is -2.11. The molecule has 0 aliphatic carbocycles. The number of fused-ring (bicyclic) bond motifs is 1. The molecule has 0 spiro atoms. The highest BCUT2D eigenvalue weighted by atomic mass is 19.3. The smallest absolute Gasteiger partial charge is 0.387 e. The molecule has 0 aliphatic heterocycles. The van der Waals surface area contributed by atoms with Crippen LogP contribution in [0.3, 0.4) is 0 Å². The van der Waals surface area contributed by atoms with Gasteiger partial charge in [-0.25, -0.2) is 9.97 Å². The van der Waals surface area contributed by atoms with E-state index in [4.69, 9.17) is 20.5 Å². The molecule has 0 bridgehead atoms. The third-order valence-electron chi connectivity index (χ3n) is 5.54. The van der Waals surface area contributed by atoms with E-state index >= 15 is 0 Å². The van der Waals surface area contributed by atoms with Gasteiger partial charge in [0.2, 0.25) is 0 Å². The first-order valence-electron chi connectivity index (χ1n) is 10.8. The van der Waals surface area contributed by atoms with Gasteiger partial charge in [0, 0.05) is 5.69 Å². The van der Waals surface area contributed by atoms with E-state index in [1.54, 1.807) is 30.5 Å². The predicted octanol–water partition coefficient (Wildman–Crippen LogP) is 3.17. The number of anilines is 1. The van der Waals surface area contributed by atoms with Gasteiger partial charge in [-0.15, -0.1) is 0 Å². The fourth-order valence-electron chi connectivity index (χ4n) is 3.83. The van der Waals surface area contributed by atoms with Crippen LogP contribution in [0.4, 0.5) is 14.6 Å². The minimum atomic E-state index is -2.93. The van der Waals surface area contributed by atoms with Gasteiger partial charge < -0.3 is 14.7 Å². The number of aliphatic hydroxyl groups is 1. The van der Waals surface area contributed by atoms with Crippen LogP contribution >= 0.6 is 0 Å². The molecule has 0 fully saturated rings. The number of hydrogen-bond donors (Lipinski definition) is 2. The number of nitrogen functional groups attached to an aromatic ring is 1. The van der Waals surface area contributed by atoms with Crippen molar-refractivity contribution in [3.63, 3.8) is 0 Å². The number of rotatable bonds is 7. The number of aliphatic hydroxyl groups excluding tert-OH is 1. The summed E-state index contributed by atoms with van der Waals surface area (Å²) in [7, 11) is 1.51. The molecule has 0 saturated carbocycles. The van der Waals surface area contributed by atoms with Crippen LogP contribution in [0.25, 0.3) is 39.6 Å². The van der Waals surface area contributed by atoms with E-state index < -0.39 is 6.61 Å². The number of benzene rings is 1. The third kappa shape index (κ3) is 4.27. The van der Waals surface area contributed by atoms with Gasteiger partial charge in [0.05, 0.1) is 24.2 Å². The molecular formula is C25H21F2N6O3+. The number of alkyl halides is 2. The Kier molecular flexibility index (Phi) is 6.13. The van der Waals surface area contributed by atoms with Crippen molar-refractivity contribution in [1.29, 1.82) is 0 Å². The number of halogens is 2. The van der Waals surface area contributed by atoms with Gasteiger partial charge >= 0.3 is 12.4 Å². The Balaban J connectivity index is 1.70. The summed E-state index contributed by atoms with van der Waals surface area (Å²) in [5, 5.41) is 9.47. The maximum atomic E-state index is 12.5. The Morgan fingerprint density at radius 3 is 2.47 bits per heavy atom. The SMILES string of the molecule is CO[n+]1cccc(-c2nc3ccc(-c4ccc(OC(F)F)cn4)nc3n2-c2ccc(CO)cc2)c1N. The maximum absolute atomic E-state index is 12.5. The molecule has 0 saturated heterocycles. The summed E-state index contributed by atoms with van der Waals surface area (Å²) >= 11 is 0. The minimum Gasteiger partial charge on any atom is -0.433 e. The van der Waals surface area contributed by atoms with E-state index in [1.165, 1.54) is 24.1 Å². The first-order valence-corrected chi connectivity index (χ1v) is 10.8. The highest BCUT2D eigenvalue weighted by Crippen LogP contribution is 2.31. The molecule has 1 aromatic carbocycles. The Labute approximate surface area is 204 Å². The van der Waals surface area contributed by atoms with Gasteiger partial charge in [0.1, 0.15) is 30.1 Å². The monoisotopic (exact) mass is 491 g/mol. The van der Waals surface area contributed by atoms with Crippen molar-refractivity contribution >= 4 is 17.0 Å². The van der Waals surface area contributed by atoms with E-state index in [1.807, 2.05) is 34.9 Å². The number of nitrogens with zero attached hydrogens (tertiary/aromatic N) is 5. The van der Waals surface area contributed by atoms with Crippen LogP contribution < -0.4 is 20.0 Å². The van der Waals surface area contributed by atoms with E-state index in [9.17, 15) is 13.9 Å². The lowest BCUT2D eigenvalue weighted by Crippen LogP contribution is -2.43. The first kappa shape index (κ1) is 23.1. The second-order valence-electron chi connectivity index (χ2n) is 7.71. The summed E-state index contributed by atoms with van der Waals surface area (Å²) in [6.07, 6.45) is 2.91. The molecule has 4 aromatic heterocycles. The van der Waals surface area contributed by atoms with Crippen LogP contribution in [0.15, 0.2) is 73.1 Å². The van der Waals surface area contributed by atoms with Gasteiger partial charge in [-0.05, 0) is 58.8 Å². The predicted molar refractivity (Wildman–Crippen MR) is 127 cm³/mol. The minimum absolute atomic E-state index is 0.0443. The van der Waals surface area contributed by atoms with E-state index in [-0.39, 0.29) is 12.4 Å². The molecule has 3 N–H and O–H groups in total. The number of nitrogens with two attached hydrogens (primary N) is 1. The maximum Gasteiger partial charge on any atom is 0.387 e. The summed E-state index contributed by atoms with van der Waals surface area (Å²) in [5.41, 5.74) is 10.6. The largest absolute Gasteiger partial charge is 0.433 e. The topological polar surface area (TPSA) is 112 Å². The van der Waals surface area contributed by atoms with Crippen LogP contribution in [-0.4, -0.2) is 38.3 Å². The molecule has 182 valence electrons. The van der Waals surface area contributed by atoms with E-state index in [2.05, 4.69) is 9.72 Å². The molecule has 5 aromatic rings. The average molecular weight is 491 g/mol. The lowest BCUT2D eigenvalue weighted by atomic mass is 10.2. The van der Waals surface area contributed by atoms with E-state index in [0.717, 1.165) is 11.3 Å². The number of imidazole rings is 1. The first-order chi connectivity index (χ1) is 17.5. The van der Waals surface area contributed by atoms with Gasteiger partial charge in [0.25, 0.3) is 0 Å². The highest BCUT2D eigenvalue weighted by Gasteiger charge is 2.22. The van der Waals surface area contributed by atoms with Crippen LogP contribution in [0, 0.1) is 0 Å². The van der Waals surface area contributed by atoms with Crippen molar-refractivity contribution in [2.75, 3.05) is 12.8 Å². The quantitative estimate of drug-likeness (QED) is 0.336. The Morgan fingerprint density at radius 1 is 1.03 bits per heavy atom. The summed E-state index contributed by atoms with van der Waals surface area (Å²) in [4.78, 5) is 19.1. The average Bonchev–Trinajstić information content (AvgIpc) is 3.27. The van der Waals surface area contributed by atoms with Crippen molar-refractivity contribution in [3.8, 4) is 34.2 Å². The van der Waals surface area contributed by atoms with Gasteiger partial charge in [-0.2, -0.15) is 8.78 Å². The number of hydrogen-bond acceptors (Lipinski definition) is 7. The molecule has 0 unspecified atom stereocenters. The van der Waals surface area contributed by atoms with Crippen LogP contribution in [0.2, 0.25) is 0 Å². The van der Waals surface area contributed by atoms with Crippen LogP contribution in [0.5, 0.6) is 5.75 Å². The molecule has 0 atom stereocenters. The number of pyridine rings is 3. The van der Waals surface area contributed by atoms with Gasteiger partial charge in [-0.3, -0.25) is 15.3 Å². The summed E-state index contributed by atoms with van der Waals surface area (Å²) < 4.78 is 32.6. The molecule has 36 heavy (non-hydrogen) atoms. The molecule has 11 heteroatoms. The summed E-state index contributed by atoms with van der Waals surface area (Å²) in [6.45, 7) is -3.02. The number of aromatic nitrogens is 5. The Morgan fingerprint density at radius 2 is 1.81 bits per heavy atom. The lowest BCUT2D eigenvalue weighted by molar-refractivity contribution is -0.873. The zero-order chi connectivity index (χ0) is 25.2. The standard InChI is InChI=1S/C25H20F2N6O3/c1-35-32-12-2-3-18(22(32)28)23-31-21-11-10-20(19-9-8-17(13-29-19)36-25(26)27)30-24(21)33(23)16-6-4-15(14-34)5-7-16/h2-13,25,28,34H,14H2,1H3/p+1. The zero-order valence-electron chi connectivity index (χ0n) is 19.0. The molecule has 0 aliphatic rings. The fraction of sp³-hybridized carbons (Fsp3) is 0.120. The van der Waals surface area contributed by atoms with Crippen molar-refractivity contribution in [1.82, 2.24) is 19.5 Å². The second kappa shape index (κ2) is 9.55. The third-order valence-corrected chi connectivity index (χ3v) is 5.54. The van der Waals surface area contributed by atoms with Crippen molar-refractivity contribution in [2.45, 2.75) is 13.2 Å². The van der Waals surface area contributed by atoms with Gasteiger partial charge in [-0.1, -0.05) is 12.1 Å². The second-order valence-corrected chi connectivity index (χ2v) is 7.71.